The molecule has 1 heterocycles. The third-order valence-corrected chi connectivity index (χ3v) is 4.85. The van der Waals surface area contributed by atoms with Crippen molar-refractivity contribution < 1.29 is 0 Å². The van der Waals surface area contributed by atoms with Crippen LogP contribution in [0.4, 0.5) is 5.69 Å². The lowest BCUT2D eigenvalue weighted by atomic mass is 10.0. The van der Waals surface area contributed by atoms with Gasteiger partial charge in [0.25, 0.3) is 0 Å². The minimum absolute atomic E-state index is 0.686. The number of hydrogen-bond donors (Lipinski definition) is 1. The Balaban J connectivity index is 1.68. The molecule has 3 heteroatoms. The summed E-state index contributed by atoms with van der Waals surface area (Å²) in [5, 5.41) is 3.77. The molecule has 1 aliphatic carbocycles. The van der Waals surface area contributed by atoms with E-state index in [1.165, 1.54) is 48.0 Å². The fourth-order valence-electron chi connectivity index (χ4n) is 2.71. The van der Waals surface area contributed by atoms with Gasteiger partial charge in [-0.3, -0.25) is 0 Å². The van der Waals surface area contributed by atoms with Crippen LogP contribution in [0.5, 0.6) is 0 Å². The Morgan fingerprint density at radius 2 is 2.06 bits per heavy atom. The van der Waals surface area contributed by atoms with Crippen LogP contribution in [0.3, 0.4) is 0 Å². The minimum Gasteiger partial charge on any atom is -0.370 e. The van der Waals surface area contributed by atoms with Crippen LogP contribution in [-0.2, 0) is 0 Å². The molecule has 1 aromatic rings. The van der Waals surface area contributed by atoms with E-state index in [-0.39, 0.29) is 0 Å². The molecule has 0 bridgehead atoms. The summed E-state index contributed by atoms with van der Waals surface area (Å²) in [4.78, 5) is 2.52. The molecule has 1 unspecified atom stereocenters. The second-order valence-corrected chi connectivity index (χ2v) is 6.51. The summed E-state index contributed by atoms with van der Waals surface area (Å²) in [6.45, 7) is 4.49. The largest absolute Gasteiger partial charge is 0.370 e. The standard InChI is InChI=1S/C15H21BrN2/c1-11-4-7-14(9-15(11)16)18-8-2-3-13(10-18)17-12-5-6-12/h4,7,9,12-13,17H,2-3,5-6,8,10H2,1H3. The van der Waals surface area contributed by atoms with Crippen molar-refractivity contribution in [2.24, 2.45) is 0 Å². The number of benzene rings is 1. The molecule has 2 aliphatic rings. The summed E-state index contributed by atoms with van der Waals surface area (Å²) in [6.07, 6.45) is 5.40. The first-order chi connectivity index (χ1) is 8.72. The molecule has 0 spiro atoms. The van der Waals surface area contributed by atoms with Crippen LogP contribution >= 0.6 is 15.9 Å². The Morgan fingerprint density at radius 1 is 1.22 bits per heavy atom. The molecule has 0 amide bonds. The number of rotatable bonds is 3. The van der Waals surface area contributed by atoms with Crippen molar-refractivity contribution in [2.75, 3.05) is 18.0 Å². The fraction of sp³-hybridized carbons (Fsp3) is 0.600. The summed E-state index contributed by atoms with van der Waals surface area (Å²) in [5.74, 6) is 0. The molecule has 18 heavy (non-hydrogen) atoms. The molecule has 98 valence electrons. The van der Waals surface area contributed by atoms with Gasteiger partial charge < -0.3 is 10.2 Å². The Labute approximate surface area is 118 Å². The average molecular weight is 309 g/mol. The van der Waals surface area contributed by atoms with Gasteiger partial charge in [-0.05, 0) is 50.3 Å². The zero-order chi connectivity index (χ0) is 12.5. The Morgan fingerprint density at radius 3 is 2.78 bits per heavy atom. The Hall–Kier alpha value is -0.540. The first-order valence-electron chi connectivity index (χ1n) is 6.99. The van der Waals surface area contributed by atoms with Gasteiger partial charge in [-0.1, -0.05) is 22.0 Å². The van der Waals surface area contributed by atoms with Crippen molar-refractivity contribution >= 4 is 21.6 Å². The molecule has 0 radical (unpaired) electrons. The SMILES string of the molecule is Cc1ccc(N2CCCC(NC3CC3)C2)cc1Br. The molecule has 1 atom stereocenters. The number of anilines is 1. The molecule has 1 N–H and O–H groups in total. The number of aryl methyl sites for hydroxylation is 1. The van der Waals surface area contributed by atoms with Crippen LogP contribution < -0.4 is 10.2 Å². The van der Waals surface area contributed by atoms with Crippen LogP contribution in [0.15, 0.2) is 22.7 Å². The second-order valence-electron chi connectivity index (χ2n) is 5.66. The monoisotopic (exact) mass is 308 g/mol. The molecule has 1 saturated heterocycles. The van der Waals surface area contributed by atoms with Crippen LogP contribution in [0.2, 0.25) is 0 Å². The lowest BCUT2D eigenvalue weighted by Crippen LogP contribution is -2.46. The van der Waals surface area contributed by atoms with Crippen LogP contribution in [0, 0.1) is 6.92 Å². The van der Waals surface area contributed by atoms with E-state index in [0.29, 0.717) is 6.04 Å². The lowest BCUT2D eigenvalue weighted by Gasteiger charge is -2.35. The maximum Gasteiger partial charge on any atom is 0.0378 e. The molecule has 3 rings (SSSR count). The summed E-state index contributed by atoms with van der Waals surface area (Å²) in [5.41, 5.74) is 2.66. The molecule has 2 nitrogen and oxygen atoms in total. The molecule has 1 aromatic carbocycles. The highest BCUT2D eigenvalue weighted by atomic mass is 79.9. The molecular weight excluding hydrogens is 288 g/mol. The second kappa shape index (κ2) is 5.22. The molecule has 2 fully saturated rings. The van der Waals surface area contributed by atoms with E-state index in [9.17, 15) is 0 Å². The Kier molecular flexibility index (Phi) is 3.62. The quantitative estimate of drug-likeness (QED) is 0.919. The first-order valence-corrected chi connectivity index (χ1v) is 7.79. The number of piperidine rings is 1. The van der Waals surface area contributed by atoms with Crippen molar-refractivity contribution in [3.05, 3.63) is 28.2 Å². The molecule has 0 aromatic heterocycles. The highest BCUT2D eigenvalue weighted by Crippen LogP contribution is 2.27. The number of nitrogens with one attached hydrogen (secondary N) is 1. The van der Waals surface area contributed by atoms with Crippen molar-refractivity contribution in [2.45, 2.75) is 44.7 Å². The summed E-state index contributed by atoms with van der Waals surface area (Å²) >= 11 is 3.64. The highest BCUT2D eigenvalue weighted by Gasteiger charge is 2.27. The van der Waals surface area contributed by atoms with Gasteiger partial charge in [0.05, 0.1) is 0 Å². The summed E-state index contributed by atoms with van der Waals surface area (Å²) < 4.78 is 1.22. The van der Waals surface area contributed by atoms with Gasteiger partial charge in [0.2, 0.25) is 0 Å². The van der Waals surface area contributed by atoms with Gasteiger partial charge in [-0.15, -0.1) is 0 Å². The van der Waals surface area contributed by atoms with Gasteiger partial charge in [0.15, 0.2) is 0 Å². The fourth-order valence-corrected chi connectivity index (χ4v) is 3.08. The third-order valence-electron chi connectivity index (χ3n) is 3.99. The van der Waals surface area contributed by atoms with Gasteiger partial charge in [-0.2, -0.15) is 0 Å². The van der Waals surface area contributed by atoms with Crippen molar-refractivity contribution in [3.63, 3.8) is 0 Å². The van der Waals surface area contributed by atoms with Crippen molar-refractivity contribution in [1.29, 1.82) is 0 Å². The summed E-state index contributed by atoms with van der Waals surface area (Å²) in [6, 6.07) is 8.22. The van der Waals surface area contributed by atoms with Crippen LogP contribution in [0.25, 0.3) is 0 Å². The van der Waals surface area contributed by atoms with Crippen molar-refractivity contribution in [3.8, 4) is 0 Å². The van der Waals surface area contributed by atoms with Crippen LogP contribution in [0.1, 0.15) is 31.2 Å². The van der Waals surface area contributed by atoms with Gasteiger partial charge in [0, 0.05) is 35.3 Å². The van der Waals surface area contributed by atoms with E-state index in [0.717, 1.165) is 12.6 Å². The predicted octanol–water partition coefficient (Wildman–Crippen LogP) is 3.48. The van der Waals surface area contributed by atoms with E-state index in [4.69, 9.17) is 0 Å². The predicted molar refractivity (Wildman–Crippen MR) is 80.3 cm³/mol. The van der Waals surface area contributed by atoms with Gasteiger partial charge in [-0.25, -0.2) is 0 Å². The zero-order valence-electron chi connectivity index (χ0n) is 11.0. The van der Waals surface area contributed by atoms with Crippen molar-refractivity contribution in [1.82, 2.24) is 5.32 Å². The molecular formula is C15H21BrN2. The van der Waals surface area contributed by atoms with Gasteiger partial charge >= 0.3 is 0 Å². The third kappa shape index (κ3) is 2.89. The van der Waals surface area contributed by atoms with E-state index >= 15 is 0 Å². The van der Waals surface area contributed by atoms with E-state index < -0.39 is 0 Å². The zero-order valence-corrected chi connectivity index (χ0v) is 12.5. The topological polar surface area (TPSA) is 15.3 Å². The van der Waals surface area contributed by atoms with Crippen LogP contribution in [-0.4, -0.2) is 25.2 Å². The number of hydrogen-bond acceptors (Lipinski definition) is 2. The lowest BCUT2D eigenvalue weighted by molar-refractivity contribution is 0.420. The molecule has 1 saturated carbocycles. The molecule has 1 aliphatic heterocycles. The smallest absolute Gasteiger partial charge is 0.0378 e. The highest BCUT2D eigenvalue weighted by molar-refractivity contribution is 9.10. The maximum absolute atomic E-state index is 3.77. The average Bonchev–Trinajstić information content (AvgIpc) is 3.17. The van der Waals surface area contributed by atoms with Gasteiger partial charge in [0.1, 0.15) is 0 Å². The van der Waals surface area contributed by atoms with E-state index in [1.807, 2.05) is 0 Å². The number of halogens is 1. The minimum atomic E-state index is 0.686. The van der Waals surface area contributed by atoms with E-state index in [2.05, 4.69) is 51.3 Å². The first kappa shape index (κ1) is 12.5. The summed E-state index contributed by atoms with van der Waals surface area (Å²) in [7, 11) is 0. The maximum atomic E-state index is 3.77. The normalized spacial score (nSPS) is 24.3. The Bertz CT molecular complexity index is 429. The number of nitrogens with zero attached hydrogens (tertiary/aromatic N) is 1. The van der Waals surface area contributed by atoms with E-state index in [1.54, 1.807) is 0 Å².